The van der Waals surface area contributed by atoms with Crippen molar-refractivity contribution in [1.82, 2.24) is 0 Å². The first-order chi connectivity index (χ1) is 10.4. The van der Waals surface area contributed by atoms with Gasteiger partial charge in [0.15, 0.2) is 0 Å². The summed E-state index contributed by atoms with van der Waals surface area (Å²) in [5.41, 5.74) is 10.1. The molecule has 4 nitrogen and oxygen atoms in total. The highest BCUT2D eigenvalue weighted by Crippen LogP contribution is 2.35. The van der Waals surface area contributed by atoms with Crippen molar-refractivity contribution in [2.75, 3.05) is 11.5 Å². The maximum Gasteiger partial charge on any atom is 0.266 e. The van der Waals surface area contributed by atoms with Crippen LogP contribution in [0.5, 0.6) is 0 Å². The molecule has 2 aromatic carbocycles. The van der Waals surface area contributed by atoms with Gasteiger partial charge in [-0.15, -0.1) is 0 Å². The Morgan fingerprint density at radius 3 is 1.36 bits per heavy atom. The van der Waals surface area contributed by atoms with Gasteiger partial charge in [-0.2, -0.15) is 10.2 Å². The predicted molar refractivity (Wildman–Crippen MR) is 75.8 cm³/mol. The lowest BCUT2D eigenvalue weighted by atomic mass is 10.1. The van der Waals surface area contributed by atoms with E-state index in [9.17, 15) is 17.6 Å². The average molecular weight is 312 g/mol. The molecule has 0 aliphatic rings. The lowest BCUT2D eigenvalue weighted by molar-refractivity contribution is 0.151. The summed E-state index contributed by atoms with van der Waals surface area (Å²) in [5.74, 6) is 0. The summed E-state index contributed by atoms with van der Waals surface area (Å²) in [5, 5.41) is 7.25. The molecule has 22 heavy (non-hydrogen) atoms. The molecule has 8 heteroatoms. The van der Waals surface area contributed by atoms with E-state index < -0.39 is 24.0 Å². The second-order valence-electron chi connectivity index (χ2n) is 4.44. The summed E-state index contributed by atoms with van der Waals surface area (Å²) in [4.78, 5) is 0. The number of halogens is 4. The molecule has 0 heterocycles. The van der Waals surface area contributed by atoms with E-state index in [1.807, 2.05) is 0 Å². The lowest BCUT2D eigenvalue weighted by Gasteiger charge is -2.07. The van der Waals surface area contributed by atoms with Crippen LogP contribution in [0.25, 0.3) is 0 Å². The number of alkyl halides is 4. The third-order valence-corrected chi connectivity index (χ3v) is 2.84. The maximum atomic E-state index is 12.9. The molecule has 0 spiro atoms. The molecule has 2 aromatic rings. The first kappa shape index (κ1) is 15.7. The van der Waals surface area contributed by atoms with Crippen LogP contribution >= 0.6 is 0 Å². The number of anilines is 2. The number of benzene rings is 2. The fraction of sp³-hybridized carbons (Fsp3) is 0.143. The van der Waals surface area contributed by atoms with Crippen molar-refractivity contribution in [1.29, 1.82) is 0 Å². The Morgan fingerprint density at radius 1 is 0.682 bits per heavy atom. The zero-order valence-electron chi connectivity index (χ0n) is 11.2. The molecule has 0 fully saturated rings. The van der Waals surface area contributed by atoms with Crippen molar-refractivity contribution < 1.29 is 17.6 Å². The van der Waals surface area contributed by atoms with E-state index in [0.717, 1.165) is 12.1 Å². The minimum absolute atomic E-state index is 0.138. The van der Waals surface area contributed by atoms with Crippen LogP contribution < -0.4 is 11.5 Å². The molecule has 0 saturated carbocycles. The molecule has 4 N–H and O–H groups in total. The largest absolute Gasteiger partial charge is 0.399 e. The minimum Gasteiger partial charge on any atom is -0.399 e. The van der Waals surface area contributed by atoms with Crippen LogP contribution in [0.3, 0.4) is 0 Å². The Balaban J connectivity index is 2.41. The molecule has 0 unspecified atom stereocenters. The summed E-state index contributed by atoms with van der Waals surface area (Å²) >= 11 is 0. The molecule has 0 aliphatic carbocycles. The van der Waals surface area contributed by atoms with Crippen LogP contribution in [-0.2, 0) is 0 Å². The quantitative estimate of drug-likeness (QED) is 0.466. The standard InChI is InChI=1S/C14H12F4N4/c15-13(16)9-5-7(19)1-3-11(9)21-22-12-4-2-8(20)6-10(12)14(17)18/h1-6,13-14H,19-20H2/b22-21+. The maximum absolute atomic E-state index is 12.9. The van der Waals surface area contributed by atoms with Gasteiger partial charge in [0, 0.05) is 22.5 Å². The number of nitrogens with zero attached hydrogens (tertiary/aromatic N) is 2. The van der Waals surface area contributed by atoms with Gasteiger partial charge in [-0.1, -0.05) is 0 Å². The molecule has 0 saturated heterocycles. The van der Waals surface area contributed by atoms with Crippen molar-refractivity contribution in [3.05, 3.63) is 47.5 Å². The van der Waals surface area contributed by atoms with Gasteiger partial charge < -0.3 is 11.5 Å². The molecule has 116 valence electrons. The van der Waals surface area contributed by atoms with Gasteiger partial charge >= 0.3 is 0 Å². The van der Waals surface area contributed by atoms with Crippen molar-refractivity contribution in [3.8, 4) is 0 Å². The van der Waals surface area contributed by atoms with E-state index in [4.69, 9.17) is 11.5 Å². The highest BCUT2D eigenvalue weighted by atomic mass is 19.3. The van der Waals surface area contributed by atoms with Crippen molar-refractivity contribution >= 4 is 22.7 Å². The highest BCUT2D eigenvalue weighted by Gasteiger charge is 2.15. The molecule has 0 atom stereocenters. The molecule has 0 radical (unpaired) electrons. The normalized spacial score (nSPS) is 11.7. The lowest BCUT2D eigenvalue weighted by Crippen LogP contribution is -1.91. The van der Waals surface area contributed by atoms with Gasteiger partial charge in [0.1, 0.15) is 0 Å². The first-order valence-electron chi connectivity index (χ1n) is 6.15. The SMILES string of the molecule is Nc1ccc(/N=N/c2ccc(N)cc2C(F)F)c(C(F)F)c1. The average Bonchev–Trinajstić information content (AvgIpc) is 2.46. The van der Waals surface area contributed by atoms with Gasteiger partial charge in [0.05, 0.1) is 11.4 Å². The molecule has 0 aromatic heterocycles. The third-order valence-electron chi connectivity index (χ3n) is 2.84. The van der Waals surface area contributed by atoms with E-state index in [2.05, 4.69) is 10.2 Å². The van der Waals surface area contributed by atoms with Crippen LogP contribution in [0.4, 0.5) is 40.3 Å². The van der Waals surface area contributed by atoms with E-state index >= 15 is 0 Å². The monoisotopic (exact) mass is 312 g/mol. The Hall–Kier alpha value is -2.64. The fourth-order valence-electron chi connectivity index (χ4n) is 1.79. The second kappa shape index (κ2) is 6.42. The van der Waals surface area contributed by atoms with Crippen LogP contribution in [0.15, 0.2) is 46.6 Å². The topological polar surface area (TPSA) is 76.8 Å². The van der Waals surface area contributed by atoms with Crippen LogP contribution in [0.2, 0.25) is 0 Å². The number of rotatable bonds is 4. The zero-order valence-corrected chi connectivity index (χ0v) is 11.2. The van der Waals surface area contributed by atoms with E-state index in [1.165, 1.54) is 24.3 Å². The second-order valence-corrected chi connectivity index (χ2v) is 4.44. The number of nitrogens with two attached hydrogens (primary N) is 2. The van der Waals surface area contributed by atoms with E-state index in [1.54, 1.807) is 0 Å². The molecule has 0 amide bonds. The van der Waals surface area contributed by atoms with Crippen LogP contribution in [-0.4, -0.2) is 0 Å². The Morgan fingerprint density at radius 2 is 1.05 bits per heavy atom. The number of hydrogen-bond donors (Lipinski definition) is 2. The predicted octanol–water partition coefficient (Wildman–Crippen LogP) is 5.14. The van der Waals surface area contributed by atoms with Crippen molar-refractivity contribution in [2.24, 2.45) is 10.2 Å². The third kappa shape index (κ3) is 3.51. The molecule has 0 aliphatic heterocycles. The summed E-state index contributed by atoms with van der Waals surface area (Å²) in [6, 6.07) is 7.37. The summed E-state index contributed by atoms with van der Waals surface area (Å²) in [7, 11) is 0. The van der Waals surface area contributed by atoms with E-state index in [0.29, 0.717) is 0 Å². The Kier molecular flexibility index (Phi) is 4.59. The van der Waals surface area contributed by atoms with Gasteiger partial charge in [-0.3, -0.25) is 0 Å². The number of azo groups is 1. The molecular formula is C14H12F4N4. The summed E-state index contributed by atoms with van der Waals surface area (Å²) in [6.07, 6.45) is -5.61. The molecule has 2 rings (SSSR count). The van der Waals surface area contributed by atoms with Gasteiger partial charge in [0.25, 0.3) is 12.9 Å². The number of hydrogen-bond acceptors (Lipinski definition) is 4. The molecular weight excluding hydrogens is 300 g/mol. The van der Waals surface area contributed by atoms with Gasteiger partial charge in [-0.05, 0) is 36.4 Å². The van der Waals surface area contributed by atoms with Crippen LogP contribution in [0.1, 0.15) is 24.0 Å². The number of nitrogen functional groups attached to an aromatic ring is 2. The Labute approximate surface area is 123 Å². The fourth-order valence-corrected chi connectivity index (χ4v) is 1.79. The van der Waals surface area contributed by atoms with Gasteiger partial charge in [-0.25, -0.2) is 17.6 Å². The van der Waals surface area contributed by atoms with E-state index in [-0.39, 0.29) is 22.7 Å². The summed E-state index contributed by atoms with van der Waals surface area (Å²) in [6.45, 7) is 0. The highest BCUT2D eigenvalue weighted by molar-refractivity contribution is 5.57. The van der Waals surface area contributed by atoms with Crippen molar-refractivity contribution in [3.63, 3.8) is 0 Å². The minimum atomic E-state index is -2.81. The summed E-state index contributed by atoms with van der Waals surface area (Å²) < 4.78 is 51.6. The van der Waals surface area contributed by atoms with Crippen molar-refractivity contribution in [2.45, 2.75) is 12.9 Å². The first-order valence-corrected chi connectivity index (χ1v) is 6.15. The smallest absolute Gasteiger partial charge is 0.266 e. The van der Waals surface area contributed by atoms with Crippen LogP contribution in [0, 0.1) is 0 Å². The zero-order chi connectivity index (χ0) is 16.3. The molecule has 0 bridgehead atoms. The Bertz CT molecular complexity index is 642. The van der Waals surface area contributed by atoms with Gasteiger partial charge in [0.2, 0.25) is 0 Å².